The van der Waals surface area contributed by atoms with Crippen LogP contribution in [-0.2, 0) is 0 Å². The second-order valence-electron chi connectivity index (χ2n) is 2.73. The lowest BCUT2D eigenvalue weighted by atomic mass is 10.2. The van der Waals surface area contributed by atoms with Crippen LogP contribution in [-0.4, -0.2) is 25.1 Å². The fraction of sp³-hybridized carbons (Fsp3) is 0. The first-order valence-electron chi connectivity index (χ1n) is 3.83. The first-order valence-corrected chi connectivity index (χ1v) is 3.83. The third-order valence-corrected chi connectivity index (χ3v) is 1.91. The molecule has 62 valence electrons. The summed E-state index contributed by atoms with van der Waals surface area (Å²) in [5.74, 6) is 0. The zero-order valence-corrected chi connectivity index (χ0v) is 6.60. The molecule has 13 heavy (non-hydrogen) atoms. The number of aromatic nitrogens is 5. The molecule has 0 atom stereocenters. The maximum Gasteiger partial charge on any atom is 0.116 e. The SMILES string of the molecule is c1ncc2[nH]c3cnnc-3cc2n1. The molecule has 5 heteroatoms. The summed E-state index contributed by atoms with van der Waals surface area (Å²) < 4.78 is 0. The Morgan fingerprint density at radius 1 is 1.23 bits per heavy atom. The van der Waals surface area contributed by atoms with Crippen LogP contribution < -0.4 is 0 Å². The van der Waals surface area contributed by atoms with Gasteiger partial charge in [-0.05, 0) is 6.07 Å². The lowest BCUT2D eigenvalue weighted by Crippen LogP contribution is -1.88. The van der Waals surface area contributed by atoms with Crippen molar-refractivity contribution in [1.29, 1.82) is 0 Å². The highest BCUT2D eigenvalue weighted by molar-refractivity contribution is 5.79. The topological polar surface area (TPSA) is 67.3 Å². The van der Waals surface area contributed by atoms with Crippen molar-refractivity contribution in [3.8, 4) is 11.4 Å². The van der Waals surface area contributed by atoms with Gasteiger partial charge in [0.2, 0.25) is 0 Å². The number of hydrogen-bond donors (Lipinski definition) is 1. The molecule has 0 radical (unpaired) electrons. The third-order valence-electron chi connectivity index (χ3n) is 1.91. The summed E-state index contributed by atoms with van der Waals surface area (Å²) in [6.45, 7) is 0. The van der Waals surface area contributed by atoms with E-state index in [9.17, 15) is 0 Å². The Bertz CT molecular complexity index is 482. The molecular weight excluding hydrogens is 166 g/mol. The van der Waals surface area contributed by atoms with E-state index < -0.39 is 0 Å². The Kier molecular flexibility index (Phi) is 1.11. The van der Waals surface area contributed by atoms with Gasteiger partial charge in [0, 0.05) is 0 Å². The smallest absolute Gasteiger partial charge is 0.116 e. The fourth-order valence-corrected chi connectivity index (χ4v) is 1.30. The quantitative estimate of drug-likeness (QED) is 0.544. The minimum Gasteiger partial charge on any atom is -0.349 e. The predicted molar refractivity (Wildman–Crippen MR) is 46.1 cm³/mol. The molecule has 1 aromatic heterocycles. The summed E-state index contributed by atoms with van der Waals surface area (Å²) in [6.07, 6.45) is 4.93. The van der Waals surface area contributed by atoms with Gasteiger partial charge in [-0.1, -0.05) is 0 Å². The van der Waals surface area contributed by atoms with E-state index in [0.717, 1.165) is 22.4 Å². The van der Waals surface area contributed by atoms with Crippen molar-refractivity contribution < 1.29 is 0 Å². The van der Waals surface area contributed by atoms with Crippen molar-refractivity contribution in [2.75, 3.05) is 0 Å². The van der Waals surface area contributed by atoms with Crippen LogP contribution in [0.5, 0.6) is 0 Å². The molecule has 3 heterocycles. The van der Waals surface area contributed by atoms with Gasteiger partial charge in [-0.15, -0.1) is 5.10 Å². The summed E-state index contributed by atoms with van der Waals surface area (Å²) in [7, 11) is 0. The normalized spacial score (nSPS) is 11.1. The molecule has 5 nitrogen and oxygen atoms in total. The van der Waals surface area contributed by atoms with Crippen molar-refractivity contribution in [2.45, 2.75) is 0 Å². The van der Waals surface area contributed by atoms with Crippen LogP contribution in [0.4, 0.5) is 0 Å². The first-order chi connectivity index (χ1) is 6.43. The van der Waals surface area contributed by atoms with Crippen molar-refractivity contribution in [2.24, 2.45) is 0 Å². The van der Waals surface area contributed by atoms with Crippen LogP contribution in [0.3, 0.4) is 0 Å². The lowest BCUT2D eigenvalue weighted by molar-refractivity contribution is 1.10. The van der Waals surface area contributed by atoms with E-state index in [1.807, 2.05) is 6.07 Å². The van der Waals surface area contributed by atoms with Crippen LogP contribution >= 0.6 is 0 Å². The molecule has 0 spiro atoms. The average molecular weight is 171 g/mol. The Morgan fingerprint density at radius 2 is 2.23 bits per heavy atom. The molecule has 0 amide bonds. The van der Waals surface area contributed by atoms with Gasteiger partial charge in [-0.2, -0.15) is 5.10 Å². The van der Waals surface area contributed by atoms with Gasteiger partial charge in [0.15, 0.2) is 0 Å². The third kappa shape index (κ3) is 0.868. The second kappa shape index (κ2) is 2.22. The number of aromatic amines is 1. The summed E-state index contributed by atoms with van der Waals surface area (Å²) in [5, 5.41) is 7.72. The molecule has 0 aromatic carbocycles. The predicted octanol–water partition coefficient (Wildman–Crippen LogP) is 0.853. The Labute approximate surface area is 73.2 Å². The highest BCUT2D eigenvalue weighted by Crippen LogP contribution is 2.19. The minimum absolute atomic E-state index is 0.825. The number of pyridine rings is 1. The molecule has 0 saturated carbocycles. The number of H-pyrrole nitrogens is 1. The van der Waals surface area contributed by atoms with Crippen LogP contribution in [0, 0.1) is 0 Å². The van der Waals surface area contributed by atoms with E-state index in [0.29, 0.717) is 0 Å². The molecule has 0 unspecified atom stereocenters. The van der Waals surface area contributed by atoms with E-state index in [1.165, 1.54) is 6.33 Å². The Balaban J connectivity index is 2.52. The monoisotopic (exact) mass is 171 g/mol. The van der Waals surface area contributed by atoms with Gasteiger partial charge in [-0.25, -0.2) is 9.97 Å². The van der Waals surface area contributed by atoms with Crippen molar-refractivity contribution in [1.82, 2.24) is 25.1 Å². The van der Waals surface area contributed by atoms with E-state index in [4.69, 9.17) is 0 Å². The summed E-state index contributed by atoms with van der Waals surface area (Å²) in [4.78, 5) is 11.2. The van der Waals surface area contributed by atoms with Gasteiger partial charge in [0.05, 0.1) is 29.1 Å². The molecule has 0 fully saturated rings. The Hall–Kier alpha value is -2.04. The molecule has 0 aliphatic carbocycles. The molecule has 3 rings (SSSR count). The maximum atomic E-state index is 4.10. The number of fused-ring (bicyclic) bond motifs is 2. The van der Waals surface area contributed by atoms with Gasteiger partial charge >= 0.3 is 0 Å². The number of rotatable bonds is 0. The van der Waals surface area contributed by atoms with Crippen LogP contribution in [0.15, 0.2) is 24.8 Å². The number of nitrogens with one attached hydrogen (secondary N) is 1. The second-order valence-corrected chi connectivity index (χ2v) is 2.73. The van der Waals surface area contributed by atoms with Crippen molar-refractivity contribution in [3.05, 3.63) is 24.8 Å². The van der Waals surface area contributed by atoms with Crippen LogP contribution in [0.2, 0.25) is 0 Å². The highest BCUT2D eigenvalue weighted by atomic mass is 15.1. The lowest BCUT2D eigenvalue weighted by Gasteiger charge is -1.99. The summed E-state index contributed by atoms with van der Waals surface area (Å²) in [5.41, 5.74) is 3.47. The van der Waals surface area contributed by atoms with E-state index in [1.54, 1.807) is 12.4 Å². The summed E-state index contributed by atoms with van der Waals surface area (Å²) in [6, 6.07) is 1.88. The standard InChI is InChI=1S/C8H5N5/c1-5-7(2-9-4-10-5)12-8-3-11-13-6(1)8/h1-4,12H. The molecule has 1 N–H and O–H groups in total. The first kappa shape index (κ1) is 6.47. The highest BCUT2D eigenvalue weighted by Gasteiger charge is 2.06. The van der Waals surface area contributed by atoms with Crippen LogP contribution in [0.1, 0.15) is 0 Å². The fourth-order valence-electron chi connectivity index (χ4n) is 1.30. The molecule has 2 aliphatic heterocycles. The number of hydrogen-bond acceptors (Lipinski definition) is 4. The zero-order chi connectivity index (χ0) is 8.67. The Morgan fingerprint density at radius 3 is 3.23 bits per heavy atom. The largest absolute Gasteiger partial charge is 0.349 e. The zero-order valence-electron chi connectivity index (χ0n) is 6.60. The molecule has 0 saturated heterocycles. The van der Waals surface area contributed by atoms with Gasteiger partial charge in [0.25, 0.3) is 0 Å². The van der Waals surface area contributed by atoms with Gasteiger partial charge < -0.3 is 4.98 Å². The van der Waals surface area contributed by atoms with Gasteiger partial charge in [-0.3, -0.25) is 0 Å². The molecule has 1 aromatic rings. The van der Waals surface area contributed by atoms with E-state index in [2.05, 4.69) is 25.1 Å². The van der Waals surface area contributed by atoms with Crippen LogP contribution in [0.25, 0.3) is 22.4 Å². The number of nitrogens with zero attached hydrogens (tertiary/aromatic N) is 4. The minimum atomic E-state index is 0.825. The molecule has 0 bridgehead atoms. The average Bonchev–Trinajstić information content (AvgIpc) is 2.61. The van der Waals surface area contributed by atoms with Crippen molar-refractivity contribution >= 4 is 11.0 Å². The van der Waals surface area contributed by atoms with E-state index >= 15 is 0 Å². The van der Waals surface area contributed by atoms with E-state index in [-0.39, 0.29) is 0 Å². The maximum absolute atomic E-state index is 4.10. The summed E-state index contributed by atoms with van der Waals surface area (Å²) >= 11 is 0. The van der Waals surface area contributed by atoms with Crippen molar-refractivity contribution in [3.63, 3.8) is 0 Å². The van der Waals surface area contributed by atoms with Gasteiger partial charge in [0.1, 0.15) is 12.0 Å². The molecular formula is C8H5N5. The molecule has 2 aliphatic rings.